The molecule has 5 nitrogen and oxygen atoms in total. The minimum atomic E-state index is -0.830. The lowest BCUT2D eigenvalue weighted by atomic mass is 9.57. The van der Waals surface area contributed by atoms with Crippen LogP contribution in [0.5, 0.6) is 0 Å². The van der Waals surface area contributed by atoms with E-state index in [1.807, 2.05) is 0 Å². The molecule has 0 aromatic heterocycles. The normalized spacial score (nSPS) is 28.6. The van der Waals surface area contributed by atoms with Crippen molar-refractivity contribution in [2.75, 3.05) is 6.61 Å². The van der Waals surface area contributed by atoms with Gasteiger partial charge in [-0.15, -0.1) is 0 Å². The van der Waals surface area contributed by atoms with Crippen LogP contribution in [0.3, 0.4) is 0 Å². The van der Waals surface area contributed by atoms with Gasteiger partial charge in [-0.25, -0.2) is 0 Å². The second-order valence-electron chi connectivity index (χ2n) is 5.39. The van der Waals surface area contributed by atoms with Crippen molar-refractivity contribution in [3.63, 3.8) is 0 Å². The SMILES string of the molecule is CCOC(=O)[C@H]1C(=S)NC(=O)[C@H](C#N)C12CCCCC2. The lowest BCUT2D eigenvalue weighted by Crippen LogP contribution is -2.60. The Bertz CT molecular complexity index is 477. The summed E-state index contributed by atoms with van der Waals surface area (Å²) in [7, 11) is 0. The van der Waals surface area contributed by atoms with Crippen LogP contribution in [0, 0.1) is 28.6 Å². The highest BCUT2D eigenvalue weighted by molar-refractivity contribution is 7.80. The molecule has 1 heterocycles. The van der Waals surface area contributed by atoms with Crippen LogP contribution in [0.1, 0.15) is 39.0 Å². The first kappa shape index (κ1) is 14.9. The second-order valence-corrected chi connectivity index (χ2v) is 5.83. The molecule has 2 fully saturated rings. The molecule has 0 bridgehead atoms. The van der Waals surface area contributed by atoms with Gasteiger partial charge >= 0.3 is 5.97 Å². The van der Waals surface area contributed by atoms with Crippen LogP contribution in [0.15, 0.2) is 0 Å². The Morgan fingerprint density at radius 3 is 2.70 bits per heavy atom. The third-order valence-electron chi connectivity index (χ3n) is 4.36. The number of piperidine rings is 1. The topological polar surface area (TPSA) is 79.2 Å². The standard InChI is InChI=1S/C14H18N2O3S/c1-2-19-13(18)10-12(20)16-11(17)9(8-15)14(10)6-4-3-5-7-14/h9-10H,2-7H2,1H3,(H,16,17,20)/t9-,10+/m0/s1. The number of ether oxygens (including phenoxy) is 1. The van der Waals surface area contributed by atoms with Gasteiger partial charge in [0.2, 0.25) is 5.91 Å². The van der Waals surface area contributed by atoms with Crippen LogP contribution >= 0.6 is 12.2 Å². The zero-order chi connectivity index (χ0) is 14.8. The predicted molar refractivity (Wildman–Crippen MR) is 75.5 cm³/mol. The number of nitrogens with zero attached hydrogens (tertiary/aromatic N) is 1. The van der Waals surface area contributed by atoms with E-state index in [-0.39, 0.29) is 17.5 Å². The Morgan fingerprint density at radius 2 is 2.15 bits per heavy atom. The summed E-state index contributed by atoms with van der Waals surface area (Å²) in [5, 5.41) is 11.9. The van der Waals surface area contributed by atoms with Gasteiger partial charge in [0.1, 0.15) is 11.8 Å². The average Bonchev–Trinajstić information content (AvgIpc) is 2.39. The predicted octanol–water partition coefficient (Wildman–Crippen LogP) is 1.71. The third-order valence-corrected chi connectivity index (χ3v) is 4.69. The number of rotatable bonds is 2. The largest absolute Gasteiger partial charge is 0.465 e. The molecule has 2 aliphatic rings. The highest BCUT2D eigenvalue weighted by atomic mass is 32.1. The van der Waals surface area contributed by atoms with Gasteiger partial charge in [0.25, 0.3) is 0 Å². The van der Waals surface area contributed by atoms with Gasteiger partial charge in [-0.3, -0.25) is 9.59 Å². The number of thiocarbonyl (C=S) groups is 1. The molecule has 1 N–H and O–H groups in total. The van der Waals surface area contributed by atoms with E-state index >= 15 is 0 Å². The third kappa shape index (κ3) is 2.31. The average molecular weight is 294 g/mol. The minimum absolute atomic E-state index is 0.210. The Kier molecular flexibility index (Phi) is 4.39. The van der Waals surface area contributed by atoms with Crippen LogP contribution < -0.4 is 5.32 Å². The molecule has 2 rings (SSSR count). The molecular formula is C14H18N2O3S. The van der Waals surface area contributed by atoms with E-state index in [0.717, 1.165) is 19.3 Å². The van der Waals surface area contributed by atoms with Crippen molar-refractivity contribution >= 4 is 29.1 Å². The van der Waals surface area contributed by atoms with Gasteiger partial charge in [-0.2, -0.15) is 5.26 Å². The summed E-state index contributed by atoms with van der Waals surface area (Å²) < 4.78 is 5.12. The fourth-order valence-corrected chi connectivity index (χ4v) is 3.93. The van der Waals surface area contributed by atoms with E-state index < -0.39 is 23.2 Å². The molecule has 1 amide bonds. The van der Waals surface area contributed by atoms with Crippen molar-refractivity contribution in [1.82, 2.24) is 5.32 Å². The number of amides is 1. The molecule has 20 heavy (non-hydrogen) atoms. The lowest BCUT2D eigenvalue weighted by molar-refractivity contribution is -0.154. The van der Waals surface area contributed by atoms with Crippen molar-refractivity contribution in [2.24, 2.45) is 17.3 Å². The van der Waals surface area contributed by atoms with Crippen LogP contribution in [0.2, 0.25) is 0 Å². The molecule has 0 unspecified atom stereocenters. The van der Waals surface area contributed by atoms with E-state index in [0.29, 0.717) is 12.8 Å². The smallest absolute Gasteiger partial charge is 0.316 e. The van der Waals surface area contributed by atoms with E-state index in [1.165, 1.54) is 0 Å². The molecular weight excluding hydrogens is 276 g/mol. The summed E-state index contributed by atoms with van der Waals surface area (Å²) in [4.78, 5) is 24.6. The van der Waals surface area contributed by atoms with E-state index in [9.17, 15) is 14.9 Å². The van der Waals surface area contributed by atoms with E-state index in [2.05, 4.69) is 11.4 Å². The number of hydrogen-bond acceptors (Lipinski definition) is 5. The number of hydrogen-bond donors (Lipinski definition) is 1. The van der Waals surface area contributed by atoms with Gasteiger partial charge in [-0.1, -0.05) is 31.5 Å². The molecule has 2 atom stereocenters. The van der Waals surface area contributed by atoms with Crippen molar-refractivity contribution in [1.29, 1.82) is 5.26 Å². The summed E-state index contributed by atoms with van der Waals surface area (Å²) in [5.74, 6) is -2.30. The van der Waals surface area contributed by atoms with Crippen LogP contribution in [-0.2, 0) is 14.3 Å². The van der Waals surface area contributed by atoms with Gasteiger partial charge < -0.3 is 10.1 Å². The van der Waals surface area contributed by atoms with Crippen molar-refractivity contribution in [2.45, 2.75) is 39.0 Å². The lowest BCUT2D eigenvalue weighted by Gasteiger charge is -2.47. The zero-order valence-electron chi connectivity index (χ0n) is 11.5. The number of nitriles is 1. The first-order chi connectivity index (χ1) is 9.56. The van der Waals surface area contributed by atoms with Crippen LogP contribution in [0.25, 0.3) is 0 Å². The Labute approximate surface area is 123 Å². The number of carbonyl (C=O) groups excluding carboxylic acids is 2. The second kappa shape index (κ2) is 5.88. The monoisotopic (exact) mass is 294 g/mol. The highest BCUT2D eigenvalue weighted by Gasteiger charge is 2.57. The molecule has 1 saturated heterocycles. The van der Waals surface area contributed by atoms with E-state index in [4.69, 9.17) is 17.0 Å². The minimum Gasteiger partial charge on any atom is -0.465 e. The molecule has 1 aliphatic carbocycles. The first-order valence-electron chi connectivity index (χ1n) is 6.98. The number of nitrogens with one attached hydrogen (secondary N) is 1. The number of esters is 1. The molecule has 6 heteroatoms. The fraction of sp³-hybridized carbons (Fsp3) is 0.714. The van der Waals surface area contributed by atoms with Gasteiger partial charge in [0.05, 0.1) is 17.7 Å². The number of carbonyl (C=O) groups is 2. The fourth-order valence-electron chi connectivity index (χ4n) is 3.50. The maximum atomic E-state index is 12.3. The summed E-state index contributed by atoms with van der Waals surface area (Å²) in [6.07, 6.45) is 4.21. The van der Waals surface area contributed by atoms with Gasteiger partial charge in [0, 0.05) is 5.41 Å². The Hall–Kier alpha value is -1.48. The Balaban J connectivity index is 2.44. The molecule has 1 spiro atoms. The molecule has 0 aromatic carbocycles. The van der Waals surface area contributed by atoms with Crippen molar-refractivity contribution in [3.8, 4) is 6.07 Å². The molecule has 108 valence electrons. The summed E-state index contributed by atoms with van der Waals surface area (Å²) in [5.41, 5.74) is -0.682. The quantitative estimate of drug-likeness (QED) is 0.619. The van der Waals surface area contributed by atoms with Crippen LogP contribution in [0.4, 0.5) is 0 Å². The first-order valence-corrected chi connectivity index (χ1v) is 7.38. The molecule has 1 saturated carbocycles. The van der Waals surface area contributed by atoms with Gasteiger partial charge in [-0.05, 0) is 19.8 Å². The highest BCUT2D eigenvalue weighted by Crippen LogP contribution is 2.51. The van der Waals surface area contributed by atoms with Gasteiger partial charge in [0.15, 0.2) is 0 Å². The molecule has 1 aliphatic heterocycles. The molecule has 0 radical (unpaired) electrons. The molecule has 0 aromatic rings. The Morgan fingerprint density at radius 1 is 1.50 bits per heavy atom. The van der Waals surface area contributed by atoms with Crippen molar-refractivity contribution < 1.29 is 14.3 Å². The zero-order valence-corrected chi connectivity index (χ0v) is 12.3. The maximum Gasteiger partial charge on any atom is 0.316 e. The summed E-state index contributed by atoms with van der Waals surface area (Å²) in [6, 6.07) is 2.08. The van der Waals surface area contributed by atoms with Crippen molar-refractivity contribution in [3.05, 3.63) is 0 Å². The maximum absolute atomic E-state index is 12.3. The summed E-state index contributed by atoms with van der Waals surface area (Å²) in [6.45, 7) is 2.00. The van der Waals surface area contributed by atoms with Crippen LogP contribution in [-0.4, -0.2) is 23.5 Å². The summed E-state index contributed by atoms with van der Waals surface area (Å²) >= 11 is 5.21. The van der Waals surface area contributed by atoms with E-state index in [1.54, 1.807) is 6.92 Å².